The lowest BCUT2D eigenvalue weighted by Gasteiger charge is -2.28. The van der Waals surface area contributed by atoms with E-state index in [0.29, 0.717) is 19.6 Å². The molecule has 2 atom stereocenters. The minimum absolute atomic E-state index is 0.100. The van der Waals surface area contributed by atoms with E-state index in [4.69, 9.17) is 10.5 Å². The molecule has 4 nitrogen and oxygen atoms in total. The number of amides is 1. The van der Waals surface area contributed by atoms with Crippen molar-refractivity contribution in [1.82, 2.24) is 4.90 Å². The minimum Gasteiger partial charge on any atom is -0.493 e. The van der Waals surface area contributed by atoms with Crippen molar-refractivity contribution in [3.63, 3.8) is 0 Å². The van der Waals surface area contributed by atoms with Gasteiger partial charge >= 0.3 is 0 Å². The molecule has 1 aromatic rings. The van der Waals surface area contributed by atoms with Crippen LogP contribution in [0.25, 0.3) is 0 Å². The lowest BCUT2D eigenvalue weighted by Crippen LogP contribution is -2.35. The fourth-order valence-electron chi connectivity index (χ4n) is 3.37. The largest absolute Gasteiger partial charge is 0.493 e. The van der Waals surface area contributed by atoms with Crippen LogP contribution in [0.15, 0.2) is 24.3 Å². The molecule has 114 valence electrons. The summed E-state index contributed by atoms with van der Waals surface area (Å²) in [5, 5.41) is 0. The number of carbonyl (C=O) groups is 1. The number of carbonyl (C=O) groups excluding carboxylic acids is 1. The van der Waals surface area contributed by atoms with Gasteiger partial charge in [0.25, 0.3) is 0 Å². The van der Waals surface area contributed by atoms with Crippen LogP contribution in [0.2, 0.25) is 0 Å². The Morgan fingerprint density at radius 2 is 2.29 bits per heavy atom. The van der Waals surface area contributed by atoms with Gasteiger partial charge in [-0.1, -0.05) is 25.1 Å². The van der Waals surface area contributed by atoms with Crippen LogP contribution >= 0.6 is 0 Å². The van der Waals surface area contributed by atoms with E-state index in [-0.39, 0.29) is 17.2 Å². The normalized spacial score (nSPS) is 28.1. The fourth-order valence-corrected chi connectivity index (χ4v) is 3.37. The van der Waals surface area contributed by atoms with Crippen LogP contribution < -0.4 is 10.5 Å². The quantitative estimate of drug-likeness (QED) is 0.927. The highest BCUT2D eigenvalue weighted by atomic mass is 16.5. The molecule has 0 spiro atoms. The van der Waals surface area contributed by atoms with Gasteiger partial charge in [-0.15, -0.1) is 0 Å². The Bertz CT molecular complexity index is 531. The van der Waals surface area contributed by atoms with E-state index >= 15 is 0 Å². The van der Waals surface area contributed by atoms with E-state index in [2.05, 4.69) is 13.0 Å². The highest BCUT2D eigenvalue weighted by Gasteiger charge is 2.36. The predicted octanol–water partition coefficient (Wildman–Crippen LogP) is 2.14. The third-order valence-electron chi connectivity index (χ3n) is 4.91. The van der Waals surface area contributed by atoms with E-state index in [1.54, 1.807) is 0 Å². The zero-order valence-electron chi connectivity index (χ0n) is 12.7. The first-order valence-corrected chi connectivity index (χ1v) is 7.81. The molecule has 21 heavy (non-hydrogen) atoms. The summed E-state index contributed by atoms with van der Waals surface area (Å²) in [6.07, 6.45) is 2.52. The van der Waals surface area contributed by atoms with Gasteiger partial charge in [0.1, 0.15) is 5.75 Å². The van der Waals surface area contributed by atoms with Crippen LogP contribution in [0.4, 0.5) is 0 Å². The summed E-state index contributed by atoms with van der Waals surface area (Å²) in [6.45, 7) is 5.17. The van der Waals surface area contributed by atoms with Gasteiger partial charge in [-0.05, 0) is 42.3 Å². The molecule has 2 heterocycles. The van der Waals surface area contributed by atoms with Gasteiger partial charge in [-0.3, -0.25) is 4.79 Å². The van der Waals surface area contributed by atoms with Gasteiger partial charge in [0.05, 0.1) is 6.61 Å². The first-order valence-electron chi connectivity index (χ1n) is 7.81. The number of hydrogen-bond donors (Lipinski definition) is 1. The Morgan fingerprint density at radius 3 is 3.05 bits per heavy atom. The maximum absolute atomic E-state index is 12.6. The fraction of sp³-hybridized carbons (Fsp3) is 0.588. The zero-order chi connectivity index (χ0) is 14.9. The second-order valence-corrected chi connectivity index (χ2v) is 6.66. The summed E-state index contributed by atoms with van der Waals surface area (Å²) < 4.78 is 5.67. The molecule has 0 bridgehead atoms. The zero-order valence-corrected chi connectivity index (χ0v) is 12.7. The molecular weight excluding hydrogens is 264 g/mol. The topological polar surface area (TPSA) is 55.6 Å². The van der Waals surface area contributed by atoms with Crippen molar-refractivity contribution < 1.29 is 9.53 Å². The highest BCUT2D eigenvalue weighted by molar-refractivity contribution is 5.77. The number of likely N-dealkylation sites (tertiary alicyclic amines) is 1. The lowest BCUT2D eigenvalue weighted by atomic mass is 9.89. The number of rotatable bonds is 3. The molecule has 0 radical (unpaired) electrons. The Kier molecular flexibility index (Phi) is 3.89. The predicted molar refractivity (Wildman–Crippen MR) is 82.3 cm³/mol. The van der Waals surface area contributed by atoms with Gasteiger partial charge in [0, 0.05) is 19.5 Å². The number of ether oxygens (including phenoxy) is 1. The molecule has 0 aliphatic carbocycles. The molecule has 2 unspecified atom stereocenters. The second kappa shape index (κ2) is 5.68. The van der Waals surface area contributed by atoms with Crippen molar-refractivity contribution >= 4 is 5.91 Å². The molecule has 0 saturated carbocycles. The molecule has 3 rings (SSSR count). The molecule has 1 aromatic carbocycles. The SMILES string of the molecule is CC1(CN)CCN(C(=O)CC2CCOc3ccccc32)C1. The average molecular weight is 288 g/mol. The number of nitrogens with zero attached hydrogens (tertiary/aromatic N) is 1. The number of fused-ring (bicyclic) bond motifs is 1. The van der Waals surface area contributed by atoms with Crippen LogP contribution in [-0.4, -0.2) is 37.0 Å². The smallest absolute Gasteiger partial charge is 0.223 e. The summed E-state index contributed by atoms with van der Waals surface area (Å²) in [4.78, 5) is 14.6. The summed E-state index contributed by atoms with van der Waals surface area (Å²) in [7, 11) is 0. The Hall–Kier alpha value is -1.55. The molecular formula is C17H24N2O2. The standard InChI is InChI=1S/C17H24N2O2/c1-17(11-18)7-8-19(12-17)16(20)10-13-6-9-21-15-5-3-2-4-14(13)15/h2-5,13H,6-12,18H2,1H3. The van der Waals surface area contributed by atoms with Crippen LogP contribution in [0, 0.1) is 5.41 Å². The summed E-state index contributed by atoms with van der Waals surface area (Å²) in [5.41, 5.74) is 7.10. The van der Waals surface area contributed by atoms with E-state index in [1.165, 1.54) is 5.56 Å². The Balaban J connectivity index is 1.67. The molecule has 2 N–H and O–H groups in total. The number of hydrogen-bond acceptors (Lipinski definition) is 3. The van der Waals surface area contributed by atoms with Gasteiger partial charge in [0.15, 0.2) is 0 Å². The maximum Gasteiger partial charge on any atom is 0.223 e. The summed E-state index contributed by atoms with van der Waals surface area (Å²) in [6, 6.07) is 8.08. The highest BCUT2D eigenvalue weighted by Crippen LogP contribution is 2.37. The molecule has 1 amide bonds. The van der Waals surface area contributed by atoms with Crippen LogP contribution in [0.1, 0.15) is 37.7 Å². The van der Waals surface area contributed by atoms with Crippen molar-refractivity contribution in [2.75, 3.05) is 26.2 Å². The molecule has 0 aromatic heterocycles. The molecule has 1 saturated heterocycles. The molecule has 4 heteroatoms. The van der Waals surface area contributed by atoms with Crippen molar-refractivity contribution in [2.24, 2.45) is 11.1 Å². The van der Waals surface area contributed by atoms with E-state index < -0.39 is 0 Å². The first kappa shape index (κ1) is 14.4. The summed E-state index contributed by atoms with van der Waals surface area (Å²) >= 11 is 0. The van der Waals surface area contributed by atoms with Crippen LogP contribution in [-0.2, 0) is 4.79 Å². The van der Waals surface area contributed by atoms with Gasteiger partial charge in [-0.2, -0.15) is 0 Å². The third-order valence-corrected chi connectivity index (χ3v) is 4.91. The van der Waals surface area contributed by atoms with E-state index in [0.717, 1.165) is 31.7 Å². The second-order valence-electron chi connectivity index (χ2n) is 6.66. The summed E-state index contributed by atoms with van der Waals surface area (Å²) in [5.74, 6) is 1.48. The molecule has 1 fully saturated rings. The number of nitrogens with two attached hydrogens (primary N) is 1. The maximum atomic E-state index is 12.6. The van der Waals surface area contributed by atoms with Crippen molar-refractivity contribution in [3.8, 4) is 5.75 Å². The van der Waals surface area contributed by atoms with E-state index in [9.17, 15) is 4.79 Å². The number of para-hydroxylation sites is 1. The third kappa shape index (κ3) is 2.91. The molecule has 2 aliphatic heterocycles. The minimum atomic E-state index is 0.100. The number of benzene rings is 1. The van der Waals surface area contributed by atoms with Gasteiger partial charge < -0.3 is 15.4 Å². The van der Waals surface area contributed by atoms with Crippen molar-refractivity contribution in [2.45, 2.75) is 32.1 Å². The lowest BCUT2D eigenvalue weighted by molar-refractivity contribution is -0.131. The first-order chi connectivity index (χ1) is 10.1. The van der Waals surface area contributed by atoms with Crippen molar-refractivity contribution in [3.05, 3.63) is 29.8 Å². The van der Waals surface area contributed by atoms with Crippen LogP contribution in [0.5, 0.6) is 5.75 Å². The monoisotopic (exact) mass is 288 g/mol. The van der Waals surface area contributed by atoms with Crippen molar-refractivity contribution in [1.29, 1.82) is 0 Å². The van der Waals surface area contributed by atoms with Gasteiger partial charge in [0.2, 0.25) is 5.91 Å². The Morgan fingerprint density at radius 1 is 1.48 bits per heavy atom. The average Bonchev–Trinajstić information content (AvgIpc) is 2.91. The van der Waals surface area contributed by atoms with E-state index in [1.807, 2.05) is 23.1 Å². The van der Waals surface area contributed by atoms with Crippen LogP contribution in [0.3, 0.4) is 0 Å². The Labute approximate surface area is 126 Å². The molecule has 2 aliphatic rings. The van der Waals surface area contributed by atoms with Gasteiger partial charge in [-0.25, -0.2) is 0 Å².